The van der Waals surface area contributed by atoms with Gasteiger partial charge in [-0.15, -0.1) is 11.3 Å². The van der Waals surface area contributed by atoms with Crippen molar-refractivity contribution in [1.82, 2.24) is 4.98 Å². The molecule has 94 valence electrons. The summed E-state index contributed by atoms with van der Waals surface area (Å²) in [7, 11) is 0. The number of nitrogen functional groups attached to an aromatic ring is 1. The summed E-state index contributed by atoms with van der Waals surface area (Å²) in [6, 6.07) is 7.82. The first-order valence-electron chi connectivity index (χ1n) is 6.01. The predicted molar refractivity (Wildman–Crippen MR) is 75.0 cm³/mol. The molecule has 0 spiro atoms. The standard InChI is InChI=1S/C14H16N2OS/c1-2-3-10-4-6-11(7-5-10)13(17)8-12-9-18-14(15)16-12/h4-7,9H,2-3,8H2,1H3,(H2,15,16). The lowest BCUT2D eigenvalue weighted by Gasteiger charge is -2.01. The van der Waals surface area contributed by atoms with E-state index in [2.05, 4.69) is 11.9 Å². The molecule has 1 aromatic heterocycles. The number of aromatic nitrogens is 1. The Balaban J connectivity index is 2.04. The lowest BCUT2D eigenvalue weighted by Crippen LogP contribution is -2.04. The maximum Gasteiger partial charge on any atom is 0.180 e. The monoisotopic (exact) mass is 260 g/mol. The minimum Gasteiger partial charge on any atom is -0.375 e. The molecule has 0 amide bonds. The van der Waals surface area contributed by atoms with Crippen molar-refractivity contribution in [2.45, 2.75) is 26.2 Å². The van der Waals surface area contributed by atoms with E-state index in [4.69, 9.17) is 5.73 Å². The Morgan fingerprint density at radius 2 is 2.06 bits per heavy atom. The SMILES string of the molecule is CCCc1ccc(C(=O)Cc2csc(N)n2)cc1. The van der Waals surface area contributed by atoms with Crippen molar-refractivity contribution >= 4 is 22.3 Å². The lowest BCUT2D eigenvalue weighted by molar-refractivity contribution is 0.0992. The summed E-state index contributed by atoms with van der Waals surface area (Å²) in [4.78, 5) is 16.1. The molecule has 2 aromatic rings. The molecule has 0 bridgehead atoms. The molecule has 1 heterocycles. The second-order valence-corrected chi connectivity index (χ2v) is 5.11. The second-order valence-electron chi connectivity index (χ2n) is 4.22. The molecular weight excluding hydrogens is 244 g/mol. The van der Waals surface area contributed by atoms with E-state index in [1.807, 2.05) is 29.6 Å². The predicted octanol–water partition coefficient (Wildman–Crippen LogP) is 3.10. The van der Waals surface area contributed by atoms with Gasteiger partial charge in [-0.05, 0) is 12.0 Å². The van der Waals surface area contributed by atoms with Crippen LogP contribution in [0.3, 0.4) is 0 Å². The Kier molecular flexibility index (Phi) is 4.10. The van der Waals surface area contributed by atoms with Crippen LogP contribution >= 0.6 is 11.3 Å². The summed E-state index contributed by atoms with van der Waals surface area (Å²) >= 11 is 1.37. The number of carbonyl (C=O) groups is 1. The van der Waals surface area contributed by atoms with Crippen LogP contribution in [-0.2, 0) is 12.8 Å². The first kappa shape index (κ1) is 12.8. The highest BCUT2D eigenvalue weighted by molar-refractivity contribution is 7.13. The van der Waals surface area contributed by atoms with E-state index in [0.717, 1.165) is 24.1 Å². The Morgan fingerprint density at radius 1 is 1.33 bits per heavy atom. The van der Waals surface area contributed by atoms with Gasteiger partial charge in [0.1, 0.15) is 0 Å². The minimum atomic E-state index is 0.0864. The van der Waals surface area contributed by atoms with Gasteiger partial charge in [-0.3, -0.25) is 4.79 Å². The highest BCUT2D eigenvalue weighted by atomic mass is 32.1. The zero-order valence-electron chi connectivity index (χ0n) is 10.3. The number of aryl methyl sites for hydroxylation is 1. The molecule has 0 aliphatic heterocycles. The second kappa shape index (κ2) is 5.78. The average molecular weight is 260 g/mol. The summed E-state index contributed by atoms with van der Waals surface area (Å²) in [5.74, 6) is 0.0864. The van der Waals surface area contributed by atoms with E-state index >= 15 is 0 Å². The Morgan fingerprint density at radius 3 is 2.61 bits per heavy atom. The molecule has 2 rings (SSSR count). The fourth-order valence-electron chi connectivity index (χ4n) is 1.82. The van der Waals surface area contributed by atoms with Crippen molar-refractivity contribution < 1.29 is 4.79 Å². The maximum atomic E-state index is 12.0. The molecule has 0 radical (unpaired) electrons. The molecule has 4 heteroatoms. The Labute approximate surface area is 111 Å². The van der Waals surface area contributed by atoms with Crippen molar-refractivity contribution in [1.29, 1.82) is 0 Å². The zero-order chi connectivity index (χ0) is 13.0. The van der Waals surface area contributed by atoms with Gasteiger partial charge in [0.25, 0.3) is 0 Å². The molecular formula is C14H16N2OS. The molecule has 0 fully saturated rings. The van der Waals surface area contributed by atoms with Gasteiger partial charge in [0.2, 0.25) is 0 Å². The van der Waals surface area contributed by atoms with E-state index in [9.17, 15) is 4.79 Å². The number of hydrogen-bond acceptors (Lipinski definition) is 4. The summed E-state index contributed by atoms with van der Waals surface area (Å²) in [5, 5.41) is 2.34. The Hall–Kier alpha value is -1.68. The van der Waals surface area contributed by atoms with Gasteiger partial charge in [0.15, 0.2) is 10.9 Å². The van der Waals surface area contributed by atoms with Crippen molar-refractivity contribution in [3.8, 4) is 0 Å². The number of anilines is 1. The molecule has 0 atom stereocenters. The number of ketones is 1. The van der Waals surface area contributed by atoms with E-state index in [1.54, 1.807) is 0 Å². The first-order valence-corrected chi connectivity index (χ1v) is 6.89. The highest BCUT2D eigenvalue weighted by Crippen LogP contribution is 2.14. The number of carbonyl (C=O) groups excluding carboxylic acids is 1. The summed E-state index contributed by atoms with van der Waals surface area (Å²) < 4.78 is 0. The zero-order valence-corrected chi connectivity index (χ0v) is 11.2. The van der Waals surface area contributed by atoms with Crippen LogP contribution in [0.4, 0.5) is 5.13 Å². The molecule has 0 unspecified atom stereocenters. The summed E-state index contributed by atoms with van der Waals surface area (Å²) in [5.41, 5.74) is 8.30. The van der Waals surface area contributed by atoms with Gasteiger partial charge in [0, 0.05) is 10.9 Å². The van der Waals surface area contributed by atoms with Crippen molar-refractivity contribution in [2.24, 2.45) is 0 Å². The fourth-order valence-corrected chi connectivity index (χ4v) is 2.38. The van der Waals surface area contributed by atoms with E-state index in [1.165, 1.54) is 16.9 Å². The topological polar surface area (TPSA) is 56.0 Å². The number of rotatable bonds is 5. The normalized spacial score (nSPS) is 10.5. The van der Waals surface area contributed by atoms with Crippen LogP contribution in [0.25, 0.3) is 0 Å². The molecule has 0 saturated carbocycles. The summed E-state index contributed by atoms with van der Waals surface area (Å²) in [6.07, 6.45) is 2.49. The third-order valence-electron chi connectivity index (χ3n) is 2.73. The van der Waals surface area contributed by atoms with E-state index in [0.29, 0.717) is 11.6 Å². The average Bonchev–Trinajstić information content (AvgIpc) is 2.76. The number of thiazole rings is 1. The number of nitrogens with zero attached hydrogens (tertiary/aromatic N) is 1. The highest BCUT2D eigenvalue weighted by Gasteiger charge is 2.09. The van der Waals surface area contributed by atoms with Gasteiger partial charge in [0.05, 0.1) is 12.1 Å². The third kappa shape index (κ3) is 3.17. The molecule has 3 nitrogen and oxygen atoms in total. The van der Waals surface area contributed by atoms with Crippen LogP contribution in [-0.4, -0.2) is 10.8 Å². The van der Waals surface area contributed by atoms with Crippen molar-refractivity contribution in [2.75, 3.05) is 5.73 Å². The number of Topliss-reactive ketones (excluding diaryl/α,β-unsaturated/α-hetero) is 1. The smallest absolute Gasteiger partial charge is 0.180 e. The number of nitrogens with two attached hydrogens (primary N) is 1. The van der Waals surface area contributed by atoms with E-state index in [-0.39, 0.29) is 5.78 Å². The van der Waals surface area contributed by atoms with Crippen LogP contribution in [0.5, 0.6) is 0 Å². The molecule has 0 saturated heterocycles. The van der Waals surface area contributed by atoms with Crippen LogP contribution in [0, 0.1) is 0 Å². The van der Waals surface area contributed by atoms with Crippen molar-refractivity contribution in [3.05, 3.63) is 46.5 Å². The van der Waals surface area contributed by atoms with Crippen LogP contribution in [0.15, 0.2) is 29.6 Å². The first-order chi connectivity index (χ1) is 8.69. The molecule has 2 N–H and O–H groups in total. The van der Waals surface area contributed by atoms with Crippen LogP contribution in [0.2, 0.25) is 0 Å². The van der Waals surface area contributed by atoms with E-state index < -0.39 is 0 Å². The molecule has 0 aliphatic carbocycles. The van der Waals surface area contributed by atoms with Gasteiger partial charge in [-0.25, -0.2) is 4.98 Å². The van der Waals surface area contributed by atoms with Crippen molar-refractivity contribution in [3.63, 3.8) is 0 Å². The van der Waals surface area contributed by atoms with Gasteiger partial charge < -0.3 is 5.73 Å². The largest absolute Gasteiger partial charge is 0.375 e. The van der Waals surface area contributed by atoms with Gasteiger partial charge >= 0.3 is 0 Å². The summed E-state index contributed by atoms with van der Waals surface area (Å²) in [6.45, 7) is 2.14. The molecule has 0 aliphatic rings. The molecule has 1 aromatic carbocycles. The number of hydrogen-bond donors (Lipinski definition) is 1. The quantitative estimate of drug-likeness (QED) is 0.840. The van der Waals surface area contributed by atoms with Crippen LogP contribution < -0.4 is 5.73 Å². The fraction of sp³-hybridized carbons (Fsp3) is 0.286. The Bertz CT molecular complexity index is 531. The van der Waals surface area contributed by atoms with Gasteiger partial charge in [-0.1, -0.05) is 37.6 Å². The maximum absolute atomic E-state index is 12.0. The molecule has 18 heavy (non-hydrogen) atoms. The number of benzene rings is 1. The van der Waals surface area contributed by atoms with Crippen LogP contribution in [0.1, 0.15) is 35.0 Å². The minimum absolute atomic E-state index is 0.0864. The third-order valence-corrected chi connectivity index (χ3v) is 3.45. The lowest BCUT2D eigenvalue weighted by atomic mass is 10.0. The van der Waals surface area contributed by atoms with Gasteiger partial charge in [-0.2, -0.15) is 0 Å².